The lowest BCUT2D eigenvalue weighted by Crippen LogP contribution is -2.33. The van der Waals surface area contributed by atoms with E-state index in [4.69, 9.17) is 0 Å². The second-order valence-corrected chi connectivity index (χ2v) is 6.13. The molecule has 1 aromatic rings. The smallest absolute Gasteiger partial charge is 0.269 e. The quantitative estimate of drug-likeness (QED) is 0.665. The summed E-state index contributed by atoms with van der Waals surface area (Å²) < 4.78 is 0. The normalized spacial score (nSPS) is 10.7. The Morgan fingerprint density at radius 3 is 2.38 bits per heavy atom. The number of carbonyl (C=O) groups is 2. The van der Waals surface area contributed by atoms with E-state index in [0.717, 1.165) is 38.9 Å². The average Bonchev–Trinajstić information content (AvgIpc) is 2.57. The van der Waals surface area contributed by atoms with Crippen LogP contribution in [0.15, 0.2) is 18.3 Å². The maximum atomic E-state index is 12.6. The Morgan fingerprint density at radius 1 is 1.12 bits per heavy atom. The van der Waals surface area contributed by atoms with Crippen LogP contribution in [0.5, 0.6) is 0 Å². The maximum absolute atomic E-state index is 12.6. The number of aromatic nitrogens is 1. The average molecular weight is 334 g/mol. The van der Waals surface area contributed by atoms with E-state index >= 15 is 0 Å². The molecule has 0 atom stereocenters. The molecule has 0 aliphatic heterocycles. The second kappa shape index (κ2) is 10.8. The summed E-state index contributed by atoms with van der Waals surface area (Å²) in [5.74, 6) is -0.274. The Balaban J connectivity index is 2.70. The van der Waals surface area contributed by atoms with Crippen molar-refractivity contribution >= 4 is 11.8 Å². The third-order valence-electron chi connectivity index (χ3n) is 3.58. The predicted molar refractivity (Wildman–Crippen MR) is 96.2 cm³/mol. The van der Waals surface area contributed by atoms with Gasteiger partial charge in [-0.1, -0.05) is 13.8 Å². The van der Waals surface area contributed by atoms with Crippen molar-refractivity contribution in [1.29, 1.82) is 0 Å². The lowest BCUT2D eigenvalue weighted by atomic mass is 10.2. The molecule has 1 heterocycles. The van der Waals surface area contributed by atoms with E-state index < -0.39 is 0 Å². The van der Waals surface area contributed by atoms with E-state index in [1.54, 1.807) is 12.1 Å². The van der Waals surface area contributed by atoms with Crippen LogP contribution in [-0.2, 0) is 0 Å². The van der Waals surface area contributed by atoms with E-state index in [2.05, 4.69) is 29.0 Å². The van der Waals surface area contributed by atoms with Crippen molar-refractivity contribution < 1.29 is 9.59 Å². The monoisotopic (exact) mass is 334 g/mol. The number of hydrogen-bond acceptors (Lipinski definition) is 4. The molecular formula is C18H30N4O2. The Kier molecular flexibility index (Phi) is 9.01. The van der Waals surface area contributed by atoms with Gasteiger partial charge in [-0.05, 0) is 52.0 Å². The zero-order chi connectivity index (χ0) is 17.9. The minimum absolute atomic E-state index is 0.0391. The molecule has 1 N–H and O–H groups in total. The number of amides is 2. The number of nitrogens with one attached hydrogen (secondary N) is 1. The molecule has 1 rings (SSSR count). The van der Waals surface area contributed by atoms with Gasteiger partial charge in [0.05, 0.1) is 0 Å². The van der Waals surface area contributed by atoms with E-state index in [0.29, 0.717) is 17.8 Å². The fourth-order valence-corrected chi connectivity index (χ4v) is 2.41. The molecule has 0 spiro atoms. The molecule has 0 radical (unpaired) electrons. The second-order valence-electron chi connectivity index (χ2n) is 6.13. The van der Waals surface area contributed by atoms with Gasteiger partial charge in [0.15, 0.2) is 0 Å². The Bertz CT molecular complexity index is 526. The molecule has 6 heteroatoms. The highest BCUT2D eigenvalue weighted by molar-refractivity contribution is 5.98. The molecule has 0 saturated carbocycles. The molecule has 6 nitrogen and oxygen atoms in total. The zero-order valence-electron chi connectivity index (χ0n) is 15.3. The molecule has 0 aliphatic rings. The van der Waals surface area contributed by atoms with Gasteiger partial charge in [-0.2, -0.15) is 0 Å². The molecule has 134 valence electrons. The van der Waals surface area contributed by atoms with Crippen molar-refractivity contribution in [3.63, 3.8) is 0 Å². The lowest BCUT2D eigenvalue weighted by Gasteiger charge is -2.21. The fourth-order valence-electron chi connectivity index (χ4n) is 2.41. The first kappa shape index (κ1) is 20.1. The van der Waals surface area contributed by atoms with Gasteiger partial charge in [0.25, 0.3) is 11.8 Å². The van der Waals surface area contributed by atoms with Crippen LogP contribution in [0.3, 0.4) is 0 Å². The van der Waals surface area contributed by atoms with Gasteiger partial charge in [0, 0.05) is 31.4 Å². The van der Waals surface area contributed by atoms with Crippen LogP contribution in [0.25, 0.3) is 0 Å². The fraction of sp³-hybridized carbons (Fsp3) is 0.611. The number of nitrogens with zero attached hydrogens (tertiary/aromatic N) is 3. The first-order chi connectivity index (χ1) is 11.5. The van der Waals surface area contributed by atoms with Gasteiger partial charge < -0.3 is 15.1 Å². The third kappa shape index (κ3) is 6.66. The summed E-state index contributed by atoms with van der Waals surface area (Å²) in [5, 5.41) is 2.85. The standard InChI is InChI=1S/C18H30N4O2/c1-5-11-22(12-6-2)18(24)15-8-10-19-16(14-15)17(23)20-9-7-13-21(3)4/h8,10,14H,5-7,9,11-13H2,1-4H3,(H,20,23). The Hall–Kier alpha value is -1.95. The molecule has 0 aliphatic carbocycles. The number of rotatable bonds is 10. The van der Waals surface area contributed by atoms with Crippen LogP contribution in [0.2, 0.25) is 0 Å². The zero-order valence-corrected chi connectivity index (χ0v) is 15.3. The summed E-state index contributed by atoms with van der Waals surface area (Å²) in [6.45, 7) is 7.05. The van der Waals surface area contributed by atoms with Crippen molar-refractivity contribution in [2.75, 3.05) is 40.3 Å². The number of pyridine rings is 1. The van der Waals surface area contributed by atoms with Gasteiger partial charge in [0.1, 0.15) is 5.69 Å². The van der Waals surface area contributed by atoms with Gasteiger partial charge >= 0.3 is 0 Å². The minimum atomic E-state index is -0.235. The highest BCUT2D eigenvalue weighted by Crippen LogP contribution is 2.08. The van der Waals surface area contributed by atoms with Gasteiger partial charge in [-0.15, -0.1) is 0 Å². The van der Waals surface area contributed by atoms with Crippen LogP contribution in [0.4, 0.5) is 0 Å². The van der Waals surface area contributed by atoms with Gasteiger partial charge in [-0.25, -0.2) is 0 Å². The molecule has 0 bridgehead atoms. The largest absolute Gasteiger partial charge is 0.351 e. The van der Waals surface area contributed by atoms with Crippen LogP contribution in [0.1, 0.15) is 54.0 Å². The molecule has 0 unspecified atom stereocenters. The van der Waals surface area contributed by atoms with Gasteiger partial charge in [-0.3, -0.25) is 14.6 Å². The van der Waals surface area contributed by atoms with Crippen LogP contribution in [-0.4, -0.2) is 66.9 Å². The SMILES string of the molecule is CCCN(CCC)C(=O)c1ccnc(C(=O)NCCCN(C)C)c1. The maximum Gasteiger partial charge on any atom is 0.269 e. The molecule has 0 saturated heterocycles. The van der Waals surface area contributed by atoms with Crippen molar-refractivity contribution in [3.05, 3.63) is 29.6 Å². The van der Waals surface area contributed by atoms with E-state index in [-0.39, 0.29) is 11.8 Å². The molecule has 1 aromatic heterocycles. The molecule has 2 amide bonds. The van der Waals surface area contributed by atoms with Crippen molar-refractivity contribution in [3.8, 4) is 0 Å². The number of hydrogen-bond donors (Lipinski definition) is 1. The first-order valence-electron chi connectivity index (χ1n) is 8.67. The Morgan fingerprint density at radius 2 is 1.79 bits per heavy atom. The summed E-state index contributed by atoms with van der Waals surface area (Å²) in [4.78, 5) is 32.8. The highest BCUT2D eigenvalue weighted by Gasteiger charge is 2.16. The van der Waals surface area contributed by atoms with Crippen LogP contribution < -0.4 is 5.32 Å². The summed E-state index contributed by atoms with van der Waals surface area (Å²) in [7, 11) is 3.99. The van der Waals surface area contributed by atoms with E-state index in [1.165, 1.54) is 6.20 Å². The van der Waals surface area contributed by atoms with Crippen molar-refractivity contribution in [2.45, 2.75) is 33.1 Å². The third-order valence-corrected chi connectivity index (χ3v) is 3.58. The van der Waals surface area contributed by atoms with E-state index in [1.807, 2.05) is 19.0 Å². The summed E-state index contributed by atoms with van der Waals surface area (Å²) in [5.41, 5.74) is 0.809. The first-order valence-corrected chi connectivity index (χ1v) is 8.67. The highest BCUT2D eigenvalue weighted by atomic mass is 16.2. The van der Waals surface area contributed by atoms with Crippen molar-refractivity contribution in [2.24, 2.45) is 0 Å². The topological polar surface area (TPSA) is 65.5 Å². The lowest BCUT2D eigenvalue weighted by molar-refractivity contribution is 0.0755. The molecular weight excluding hydrogens is 304 g/mol. The minimum Gasteiger partial charge on any atom is -0.351 e. The summed E-state index contributed by atoms with van der Waals surface area (Å²) in [6.07, 6.45) is 4.22. The summed E-state index contributed by atoms with van der Waals surface area (Å²) in [6, 6.07) is 3.26. The van der Waals surface area contributed by atoms with Crippen LogP contribution in [0, 0.1) is 0 Å². The van der Waals surface area contributed by atoms with Crippen molar-refractivity contribution in [1.82, 2.24) is 20.1 Å². The summed E-state index contributed by atoms with van der Waals surface area (Å²) >= 11 is 0. The molecule has 24 heavy (non-hydrogen) atoms. The van der Waals surface area contributed by atoms with E-state index in [9.17, 15) is 9.59 Å². The predicted octanol–water partition coefficient (Wildman–Crippen LogP) is 2.03. The van der Waals surface area contributed by atoms with Gasteiger partial charge in [0.2, 0.25) is 0 Å². The molecule has 0 fully saturated rings. The number of carbonyl (C=O) groups excluding carboxylic acids is 2. The molecule has 0 aromatic carbocycles. The Labute approximate surface area is 145 Å². The van der Waals surface area contributed by atoms with Crippen LogP contribution >= 0.6 is 0 Å².